The van der Waals surface area contributed by atoms with Crippen LogP contribution >= 0.6 is 12.4 Å². The van der Waals surface area contributed by atoms with Crippen LogP contribution in [0, 0.1) is 10.8 Å². The largest absolute Gasteiger partial charge is 0.478 e. The van der Waals surface area contributed by atoms with E-state index >= 15 is 0 Å². The van der Waals surface area contributed by atoms with Crippen molar-refractivity contribution < 1.29 is 86.4 Å². The second kappa shape index (κ2) is 21.6. The minimum atomic E-state index is -5.00. The molecule has 3 amide bonds. The fourth-order valence-corrected chi connectivity index (χ4v) is 7.77. The number of aliphatic carboxylic acids is 1. The Bertz CT molecular complexity index is 2760. The summed E-state index contributed by atoms with van der Waals surface area (Å²) in [6.07, 6.45) is -14.6. The Kier molecular flexibility index (Phi) is 17.0. The number of carbonyl (C=O) groups excluding carboxylic acids is 3. The maximum Gasteiger partial charge on any atom is 0.416 e. The lowest BCUT2D eigenvalue weighted by molar-refractivity contribution is -0.152. The van der Waals surface area contributed by atoms with E-state index < -0.39 is 81.6 Å². The number of amides is 3. The SMILES string of the molecule is CC(C)(C)OC(=O)N1CC2(CN(C(=O)/C=C\n3cnc(-c4cc(C(F)(F)F)cc(C(F)(F)F)c4)n3)C2)C1.CC(C)(C)OC(=O)N1CC2(CNC2)C1.Cl.O=C(O)/C=C\n1cnc(-c2cc(C(F)(F)F)cc(C(F)(F)F)c2)n1. The number of nitrogens with one attached hydrogen (secondary N) is 1. The van der Waals surface area contributed by atoms with Crippen molar-refractivity contribution in [2.75, 3.05) is 52.4 Å². The maximum absolute atomic E-state index is 13.1. The van der Waals surface area contributed by atoms with Gasteiger partial charge >= 0.3 is 42.9 Å². The summed E-state index contributed by atoms with van der Waals surface area (Å²) in [6.45, 7) is 16.6. The van der Waals surface area contributed by atoms with Gasteiger partial charge in [-0.25, -0.2) is 33.7 Å². The van der Waals surface area contributed by atoms with Gasteiger partial charge in [-0.1, -0.05) is 0 Å². The first-order valence-electron chi connectivity index (χ1n) is 22.3. The first-order chi connectivity index (χ1) is 34.3. The summed E-state index contributed by atoms with van der Waals surface area (Å²) in [5.74, 6) is -2.46. The third-order valence-corrected chi connectivity index (χ3v) is 11.2. The molecule has 416 valence electrons. The van der Waals surface area contributed by atoms with Crippen LogP contribution in [0.2, 0.25) is 0 Å². The minimum absolute atomic E-state index is 0. The fraction of sp³-hybridized carbons (Fsp3) is 0.478. The molecule has 4 aliphatic heterocycles. The molecule has 0 saturated carbocycles. The lowest BCUT2D eigenvalue weighted by atomic mass is 9.73. The van der Waals surface area contributed by atoms with Crippen LogP contribution in [0.5, 0.6) is 0 Å². The molecule has 2 aromatic heterocycles. The molecular weight excluding hydrogens is 1070 g/mol. The van der Waals surface area contributed by atoms with Gasteiger partial charge in [0.1, 0.15) is 23.9 Å². The lowest BCUT2D eigenvalue weighted by Crippen LogP contribution is -2.73. The van der Waals surface area contributed by atoms with Crippen molar-refractivity contribution >= 4 is 48.9 Å². The second-order valence-corrected chi connectivity index (χ2v) is 20.1. The zero-order valence-corrected chi connectivity index (χ0v) is 41.8. The highest BCUT2D eigenvalue weighted by atomic mass is 35.5. The Hall–Kier alpha value is -6.91. The molecule has 0 unspecified atom stereocenters. The van der Waals surface area contributed by atoms with Crippen LogP contribution in [0.15, 0.2) is 61.2 Å². The Morgan fingerprint density at radius 1 is 0.539 bits per heavy atom. The van der Waals surface area contributed by atoms with E-state index in [1.54, 1.807) is 35.5 Å². The predicted octanol–water partition coefficient (Wildman–Crippen LogP) is 9.32. The highest BCUT2D eigenvalue weighted by molar-refractivity contribution is 5.91. The highest BCUT2D eigenvalue weighted by Gasteiger charge is 2.55. The van der Waals surface area contributed by atoms with E-state index in [2.05, 4.69) is 25.5 Å². The van der Waals surface area contributed by atoms with E-state index in [9.17, 15) is 71.9 Å². The van der Waals surface area contributed by atoms with Crippen LogP contribution in [0.25, 0.3) is 35.2 Å². The van der Waals surface area contributed by atoms with Gasteiger partial charge in [-0.15, -0.1) is 22.6 Å². The van der Waals surface area contributed by atoms with E-state index in [4.69, 9.17) is 14.6 Å². The fourth-order valence-electron chi connectivity index (χ4n) is 7.77. The molecule has 76 heavy (non-hydrogen) atoms. The number of ether oxygens (including phenoxy) is 2. The van der Waals surface area contributed by atoms with E-state index in [1.165, 1.54) is 12.3 Å². The number of carboxylic acids is 1. The number of benzene rings is 2. The van der Waals surface area contributed by atoms with E-state index in [1.807, 2.05) is 20.8 Å². The molecule has 0 bridgehead atoms. The van der Waals surface area contributed by atoms with Crippen LogP contribution in [-0.4, -0.2) is 137 Å². The second-order valence-electron chi connectivity index (χ2n) is 20.1. The summed E-state index contributed by atoms with van der Waals surface area (Å²) in [5.41, 5.74) is -7.69. The number of hydrogen-bond acceptors (Lipinski definition) is 11. The van der Waals surface area contributed by atoms with Gasteiger partial charge in [0.25, 0.3) is 0 Å². The molecule has 8 rings (SSSR count). The van der Waals surface area contributed by atoms with Crippen molar-refractivity contribution in [3.63, 3.8) is 0 Å². The van der Waals surface area contributed by atoms with Crippen LogP contribution in [-0.2, 0) is 43.8 Å². The molecule has 17 nitrogen and oxygen atoms in total. The molecule has 0 aliphatic carbocycles. The van der Waals surface area contributed by atoms with E-state index in [-0.39, 0.29) is 53.4 Å². The number of alkyl halides is 12. The molecule has 2 spiro atoms. The maximum atomic E-state index is 13.1. The average molecular weight is 1120 g/mol. The first kappa shape index (κ1) is 60.0. The van der Waals surface area contributed by atoms with Gasteiger partial charge in [-0.05, 0) is 77.9 Å². The predicted molar refractivity (Wildman–Crippen MR) is 246 cm³/mol. The molecule has 4 saturated heterocycles. The smallest absolute Gasteiger partial charge is 0.416 e. The monoisotopic (exact) mass is 1120 g/mol. The topological polar surface area (TPSA) is 190 Å². The highest BCUT2D eigenvalue weighted by Crippen LogP contribution is 2.42. The zero-order chi connectivity index (χ0) is 55.9. The van der Waals surface area contributed by atoms with Gasteiger partial charge in [-0.2, -0.15) is 52.7 Å². The Morgan fingerprint density at radius 3 is 1.17 bits per heavy atom. The van der Waals surface area contributed by atoms with E-state index in [0.717, 1.165) is 54.4 Å². The van der Waals surface area contributed by atoms with Gasteiger partial charge in [0.05, 0.1) is 22.3 Å². The van der Waals surface area contributed by atoms with Gasteiger partial charge < -0.3 is 34.6 Å². The number of likely N-dealkylation sites (tertiary alicyclic amines) is 3. The van der Waals surface area contributed by atoms with Crippen LogP contribution in [0.1, 0.15) is 63.8 Å². The number of aromatic nitrogens is 6. The summed E-state index contributed by atoms with van der Waals surface area (Å²) < 4.78 is 168. The normalized spacial score (nSPS) is 17.1. The van der Waals surface area contributed by atoms with Gasteiger partial charge in [0.15, 0.2) is 11.6 Å². The molecule has 2 N–H and O–H groups in total. The summed E-state index contributed by atoms with van der Waals surface area (Å²) in [4.78, 5) is 58.7. The van der Waals surface area contributed by atoms with Crippen molar-refractivity contribution in [3.05, 3.63) is 83.5 Å². The Morgan fingerprint density at radius 2 is 0.868 bits per heavy atom. The standard InChI is InChI=1S/C23H23F6N5O3.C13H7F6N3O2.C10H18N2O2.ClH/c1-20(2,3)37-19(36)33-11-21(12-33)9-32(10-21)17(35)4-5-34-13-30-18(31-34)14-6-15(22(24,25)26)8-16(7-14)23(27,28)29;14-12(15,16)8-3-7(4-9(5-8)13(17,18)19)11-20-6-22(21-11)2-1-10(23)24;1-9(2,3)14-8(13)12-6-10(7-12)4-11-5-10;/h4-8,13H,9-12H2,1-3H3;1-6H,(H,23,24);11H,4-7H2,1-3H3;1H/b5-4-;2-1-;;. The molecule has 6 heterocycles. The summed E-state index contributed by atoms with van der Waals surface area (Å²) >= 11 is 0. The third kappa shape index (κ3) is 15.6. The van der Waals surface area contributed by atoms with Gasteiger partial charge in [0, 0.05) is 98.9 Å². The van der Waals surface area contributed by atoms with Crippen molar-refractivity contribution in [2.24, 2.45) is 10.8 Å². The molecule has 2 aromatic carbocycles. The number of nitrogens with zero attached hydrogens (tertiary/aromatic N) is 9. The van der Waals surface area contributed by atoms with E-state index in [0.29, 0.717) is 61.9 Å². The Labute approximate surface area is 430 Å². The number of carbonyl (C=O) groups is 4. The lowest BCUT2D eigenvalue weighted by Gasteiger charge is -2.59. The average Bonchev–Trinajstić information content (AvgIpc) is 3.88. The molecule has 30 heteroatoms. The van der Waals surface area contributed by atoms with Crippen LogP contribution < -0.4 is 5.32 Å². The first-order valence-corrected chi connectivity index (χ1v) is 22.3. The van der Waals surface area contributed by atoms with Gasteiger partial charge in [-0.3, -0.25) is 4.79 Å². The van der Waals surface area contributed by atoms with Crippen molar-refractivity contribution in [3.8, 4) is 22.8 Å². The van der Waals surface area contributed by atoms with Crippen LogP contribution in [0.4, 0.5) is 62.3 Å². The molecule has 0 atom stereocenters. The molecule has 4 aromatic rings. The van der Waals surface area contributed by atoms with Crippen molar-refractivity contribution in [1.82, 2.24) is 49.5 Å². The molecule has 0 radical (unpaired) electrons. The number of rotatable bonds is 6. The van der Waals surface area contributed by atoms with Crippen molar-refractivity contribution in [2.45, 2.75) is 77.4 Å². The summed E-state index contributed by atoms with van der Waals surface area (Å²) in [7, 11) is 0. The number of halogens is 13. The summed E-state index contributed by atoms with van der Waals surface area (Å²) in [5, 5.41) is 19.2. The minimum Gasteiger partial charge on any atom is -0.478 e. The number of hydrogen-bond donors (Lipinski definition) is 2. The molecular formula is C46H49ClF12N10O7. The van der Waals surface area contributed by atoms with Gasteiger partial charge in [0.2, 0.25) is 5.91 Å². The third-order valence-electron chi connectivity index (χ3n) is 11.2. The molecule has 4 fully saturated rings. The van der Waals surface area contributed by atoms with Crippen LogP contribution in [0.3, 0.4) is 0 Å². The quantitative estimate of drug-likeness (QED) is 0.138. The Balaban J connectivity index is 0.000000233. The number of carboxylic acid groups (broad SMARTS) is 1. The molecule has 4 aliphatic rings. The zero-order valence-electron chi connectivity index (χ0n) is 41.0. The summed E-state index contributed by atoms with van der Waals surface area (Å²) in [6, 6.07) is 2.04. The van der Waals surface area contributed by atoms with Crippen molar-refractivity contribution in [1.29, 1.82) is 0 Å².